The SMILES string of the molecule is CCCC[C@@H](C/C(C)=C/C=C1\CCC[C@]2(C)[C@@H]([C@H](C)/C=C/C(C)C(C)C)CC[C@@H]12)OC. The highest BCUT2D eigenvalue weighted by atomic mass is 16.5. The van der Waals surface area contributed by atoms with Crippen molar-refractivity contribution in [1.29, 1.82) is 0 Å². The monoisotopic (exact) mass is 428 g/mol. The quantitative estimate of drug-likeness (QED) is 0.298. The summed E-state index contributed by atoms with van der Waals surface area (Å²) in [5.41, 5.74) is 3.67. The maximum Gasteiger partial charge on any atom is 0.0608 e. The predicted octanol–water partition coefficient (Wildman–Crippen LogP) is 9.16. The molecule has 1 nitrogen and oxygen atoms in total. The molecule has 178 valence electrons. The van der Waals surface area contributed by atoms with Crippen LogP contribution in [0.15, 0.2) is 35.5 Å². The number of hydrogen-bond donors (Lipinski definition) is 0. The number of unbranched alkanes of at least 4 members (excludes halogenated alkanes) is 1. The van der Waals surface area contributed by atoms with Crippen molar-refractivity contribution in [1.82, 2.24) is 0 Å². The van der Waals surface area contributed by atoms with E-state index < -0.39 is 0 Å². The molecule has 0 radical (unpaired) electrons. The normalized spacial score (nSPS) is 31.4. The van der Waals surface area contributed by atoms with Crippen molar-refractivity contribution < 1.29 is 4.74 Å². The summed E-state index contributed by atoms with van der Waals surface area (Å²) in [6.45, 7) is 16.7. The zero-order chi connectivity index (χ0) is 23.0. The van der Waals surface area contributed by atoms with Gasteiger partial charge in [-0.2, -0.15) is 0 Å². The number of rotatable bonds is 11. The molecule has 2 aliphatic rings. The lowest BCUT2D eigenvalue weighted by Crippen LogP contribution is -2.35. The molecule has 0 spiro atoms. The summed E-state index contributed by atoms with van der Waals surface area (Å²) in [6.07, 6.45) is 21.9. The van der Waals surface area contributed by atoms with Crippen LogP contribution in [0.2, 0.25) is 0 Å². The minimum absolute atomic E-state index is 0.378. The lowest BCUT2D eigenvalue weighted by atomic mass is 9.61. The van der Waals surface area contributed by atoms with E-state index in [9.17, 15) is 0 Å². The Kier molecular flexibility index (Phi) is 10.6. The molecule has 2 rings (SSSR count). The van der Waals surface area contributed by atoms with Gasteiger partial charge in [0.25, 0.3) is 0 Å². The van der Waals surface area contributed by atoms with Crippen LogP contribution in [0, 0.1) is 35.0 Å². The fraction of sp³-hybridized carbons (Fsp3) is 0.800. The van der Waals surface area contributed by atoms with Crippen LogP contribution in [-0.2, 0) is 4.74 Å². The molecule has 2 aliphatic carbocycles. The summed E-state index contributed by atoms with van der Waals surface area (Å²) in [6, 6.07) is 0. The zero-order valence-corrected chi connectivity index (χ0v) is 22.0. The molecule has 2 saturated carbocycles. The van der Waals surface area contributed by atoms with E-state index in [4.69, 9.17) is 4.74 Å². The fourth-order valence-electron chi connectivity index (χ4n) is 6.26. The first-order valence-corrected chi connectivity index (χ1v) is 13.3. The van der Waals surface area contributed by atoms with E-state index in [1.807, 2.05) is 7.11 Å². The Bertz CT molecular complexity index is 624. The molecule has 1 unspecified atom stereocenters. The molecule has 2 fully saturated rings. The third-order valence-corrected chi connectivity index (χ3v) is 8.79. The Balaban J connectivity index is 2.07. The van der Waals surface area contributed by atoms with Crippen molar-refractivity contribution in [2.75, 3.05) is 7.11 Å². The lowest BCUT2D eigenvalue weighted by molar-refractivity contribution is 0.0935. The molecule has 0 aromatic carbocycles. The average molecular weight is 429 g/mol. The molecular weight excluding hydrogens is 376 g/mol. The van der Waals surface area contributed by atoms with Crippen molar-refractivity contribution in [2.45, 2.75) is 112 Å². The van der Waals surface area contributed by atoms with Gasteiger partial charge >= 0.3 is 0 Å². The summed E-state index contributed by atoms with van der Waals surface area (Å²) in [7, 11) is 1.87. The minimum atomic E-state index is 0.378. The molecule has 6 atom stereocenters. The highest BCUT2D eigenvalue weighted by Gasteiger charge is 2.50. The van der Waals surface area contributed by atoms with Gasteiger partial charge in [-0.25, -0.2) is 0 Å². The van der Waals surface area contributed by atoms with Crippen LogP contribution in [-0.4, -0.2) is 13.2 Å². The molecular formula is C30H52O. The van der Waals surface area contributed by atoms with E-state index in [1.165, 1.54) is 56.9 Å². The Morgan fingerprint density at radius 3 is 2.55 bits per heavy atom. The average Bonchev–Trinajstić information content (AvgIpc) is 3.10. The molecule has 0 aliphatic heterocycles. The largest absolute Gasteiger partial charge is 0.381 e. The lowest BCUT2D eigenvalue weighted by Gasteiger charge is -2.44. The van der Waals surface area contributed by atoms with Crippen LogP contribution in [0.3, 0.4) is 0 Å². The Hall–Kier alpha value is -0.820. The van der Waals surface area contributed by atoms with Crippen molar-refractivity contribution in [3.05, 3.63) is 35.5 Å². The third kappa shape index (κ3) is 7.08. The summed E-state index contributed by atoms with van der Waals surface area (Å²) in [5.74, 6) is 3.71. The number of ether oxygens (including phenoxy) is 1. The first kappa shape index (κ1) is 26.4. The van der Waals surface area contributed by atoms with Gasteiger partial charge in [0.1, 0.15) is 0 Å². The van der Waals surface area contributed by atoms with Crippen LogP contribution >= 0.6 is 0 Å². The standard InChI is InChI=1S/C30H52O/c1-9-10-13-27(31-8)21-23(4)14-17-26-12-11-20-30(7)28(18-19-29(26)30)25(6)16-15-24(5)22(2)3/h14-17,22,24-25,27-29H,9-13,18-21H2,1-8H3/b16-15+,23-14+,26-17+/t24?,25-,27+,28-,29+,30-/m1/s1. The van der Waals surface area contributed by atoms with Gasteiger partial charge < -0.3 is 4.74 Å². The molecule has 0 bridgehead atoms. The Morgan fingerprint density at radius 2 is 1.90 bits per heavy atom. The highest BCUT2D eigenvalue weighted by molar-refractivity contribution is 5.25. The molecule has 1 heteroatoms. The Labute approximate surface area is 194 Å². The van der Waals surface area contributed by atoms with Crippen LogP contribution < -0.4 is 0 Å². The zero-order valence-electron chi connectivity index (χ0n) is 22.0. The smallest absolute Gasteiger partial charge is 0.0608 e. The molecule has 0 heterocycles. The molecule has 31 heavy (non-hydrogen) atoms. The second kappa shape index (κ2) is 12.4. The molecule has 0 aromatic rings. The van der Waals surface area contributed by atoms with E-state index in [-0.39, 0.29) is 0 Å². The van der Waals surface area contributed by atoms with Crippen molar-refractivity contribution in [3.63, 3.8) is 0 Å². The molecule has 0 saturated heterocycles. The fourth-order valence-corrected chi connectivity index (χ4v) is 6.26. The van der Waals surface area contributed by atoms with Gasteiger partial charge in [0.2, 0.25) is 0 Å². The van der Waals surface area contributed by atoms with E-state index in [0.717, 1.165) is 24.2 Å². The van der Waals surface area contributed by atoms with Crippen LogP contribution in [0.25, 0.3) is 0 Å². The first-order chi connectivity index (χ1) is 14.7. The van der Waals surface area contributed by atoms with Crippen LogP contribution in [0.1, 0.15) is 106 Å². The summed E-state index contributed by atoms with van der Waals surface area (Å²) < 4.78 is 5.73. The van der Waals surface area contributed by atoms with E-state index >= 15 is 0 Å². The van der Waals surface area contributed by atoms with Crippen molar-refractivity contribution in [3.8, 4) is 0 Å². The number of allylic oxidation sites excluding steroid dienone is 5. The minimum Gasteiger partial charge on any atom is -0.381 e. The van der Waals surface area contributed by atoms with Gasteiger partial charge in [0.05, 0.1) is 6.10 Å². The summed E-state index contributed by atoms with van der Waals surface area (Å²) >= 11 is 0. The van der Waals surface area contributed by atoms with Gasteiger partial charge in [0, 0.05) is 7.11 Å². The van der Waals surface area contributed by atoms with Crippen molar-refractivity contribution >= 4 is 0 Å². The van der Waals surface area contributed by atoms with Crippen LogP contribution in [0.4, 0.5) is 0 Å². The highest BCUT2D eigenvalue weighted by Crippen LogP contribution is 2.59. The van der Waals surface area contributed by atoms with Crippen LogP contribution in [0.5, 0.6) is 0 Å². The maximum absolute atomic E-state index is 5.73. The van der Waals surface area contributed by atoms with Gasteiger partial charge in [-0.05, 0) is 86.9 Å². The van der Waals surface area contributed by atoms with Gasteiger partial charge in [-0.3, -0.25) is 0 Å². The van der Waals surface area contributed by atoms with Gasteiger partial charge in [-0.15, -0.1) is 0 Å². The predicted molar refractivity (Wildman–Crippen MR) is 137 cm³/mol. The number of methoxy groups -OCH3 is 1. The summed E-state index contributed by atoms with van der Waals surface area (Å²) in [5, 5.41) is 0. The summed E-state index contributed by atoms with van der Waals surface area (Å²) in [4.78, 5) is 0. The molecule has 0 amide bonds. The molecule has 0 N–H and O–H groups in total. The second-order valence-corrected chi connectivity index (χ2v) is 11.4. The Morgan fingerprint density at radius 1 is 1.16 bits per heavy atom. The van der Waals surface area contributed by atoms with E-state index in [2.05, 4.69) is 72.8 Å². The van der Waals surface area contributed by atoms with Crippen molar-refractivity contribution in [2.24, 2.45) is 35.0 Å². The van der Waals surface area contributed by atoms with Gasteiger partial charge in [0.15, 0.2) is 0 Å². The number of hydrogen-bond acceptors (Lipinski definition) is 1. The van der Waals surface area contributed by atoms with E-state index in [1.54, 1.807) is 5.57 Å². The maximum atomic E-state index is 5.73. The first-order valence-electron chi connectivity index (χ1n) is 13.3. The molecule has 0 aromatic heterocycles. The number of fused-ring (bicyclic) bond motifs is 1. The topological polar surface area (TPSA) is 9.23 Å². The van der Waals surface area contributed by atoms with Gasteiger partial charge in [-0.1, -0.05) is 89.8 Å². The third-order valence-electron chi connectivity index (χ3n) is 8.79. The van der Waals surface area contributed by atoms with E-state index in [0.29, 0.717) is 23.4 Å². The second-order valence-electron chi connectivity index (χ2n) is 11.4.